The molecular weight excluding hydrogens is 342 g/mol. The molecule has 0 spiro atoms. The van der Waals surface area contributed by atoms with E-state index < -0.39 is 11.6 Å². The Kier molecular flexibility index (Phi) is 3.47. The SMILES string of the molecule is Nc1ccc2nc(Oc3cc(Br)cc(F)c3F)ccc2c1. The first kappa shape index (κ1) is 13.8. The molecule has 0 aliphatic carbocycles. The molecule has 2 aromatic carbocycles. The van der Waals surface area contributed by atoms with Gasteiger partial charge in [0.25, 0.3) is 0 Å². The van der Waals surface area contributed by atoms with Crippen LogP contribution in [-0.4, -0.2) is 4.98 Å². The summed E-state index contributed by atoms with van der Waals surface area (Å²) in [5.74, 6) is -2.11. The number of ether oxygens (including phenoxy) is 1. The van der Waals surface area contributed by atoms with Crippen LogP contribution < -0.4 is 10.5 Å². The second-order valence-corrected chi connectivity index (χ2v) is 5.32. The molecule has 3 rings (SSSR count). The van der Waals surface area contributed by atoms with Crippen LogP contribution in [0.1, 0.15) is 0 Å². The fourth-order valence-corrected chi connectivity index (χ4v) is 2.31. The zero-order valence-electron chi connectivity index (χ0n) is 10.6. The molecule has 3 nitrogen and oxygen atoms in total. The lowest BCUT2D eigenvalue weighted by atomic mass is 10.2. The first-order valence-corrected chi connectivity index (χ1v) is 6.81. The van der Waals surface area contributed by atoms with E-state index in [1.165, 1.54) is 6.07 Å². The molecule has 0 aliphatic heterocycles. The summed E-state index contributed by atoms with van der Waals surface area (Å²) in [6.07, 6.45) is 0. The van der Waals surface area contributed by atoms with Gasteiger partial charge < -0.3 is 10.5 Å². The van der Waals surface area contributed by atoms with Crippen LogP contribution in [0.5, 0.6) is 11.6 Å². The van der Waals surface area contributed by atoms with Crippen molar-refractivity contribution < 1.29 is 13.5 Å². The Bertz CT molecular complexity index is 839. The number of anilines is 1. The Morgan fingerprint density at radius 3 is 2.67 bits per heavy atom. The predicted molar refractivity (Wildman–Crippen MR) is 80.3 cm³/mol. The van der Waals surface area contributed by atoms with Crippen molar-refractivity contribution in [1.82, 2.24) is 4.98 Å². The van der Waals surface area contributed by atoms with E-state index in [0.29, 0.717) is 15.7 Å². The summed E-state index contributed by atoms with van der Waals surface area (Å²) in [5.41, 5.74) is 6.96. The Hall–Kier alpha value is -2.21. The molecule has 3 aromatic rings. The average molecular weight is 351 g/mol. The van der Waals surface area contributed by atoms with E-state index in [0.717, 1.165) is 11.5 Å². The molecule has 0 bridgehead atoms. The highest BCUT2D eigenvalue weighted by Gasteiger charge is 2.13. The summed E-state index contributed by atoms with van der Waals surface area (Å²) in [5, 5.41) is 0.836. The molecule has 21 heavy (non-hydrogen) atoms. The normalized spacial score (nSPS) is 10.8. The molecule has 0 saturated carbocycles. The molecule has 0 aliphatic rings. The summed E-state index contributed by atoms with van der Waals surface area (Å²) < 4.78 is 32.7. The van der Waals surface area contributed by atoms with Crippen molar-refractivity contribution in [2.75, 3.05) is 5.73 Å². The number of benzene rings is 2. The van der Waals surface area contributed by atoms with Gasteiger partial charge in [-0.05, 0) is 36.4 Å². The number of hydrogen-bond acceptors (Lipinski definition) is 3. The van der Waals surface area contributed by atoms with Crippen LogP contribution in [0.4, 0.5) is 14.5 Å². The van der Waals surface area contributed by atoms with Gasteiger partial charge in [-0.3, -0.25) is 0 Å². The zero-order valence-corrected chi connectivity index (χ0v) is 12.2. The minimum Gasteiger partial charge on any atom is -0.436 e. The largest absolute Gasteiger partial charge is 0.436 e. The summed E-state index contributed by atoms with van der Waals surface area (Å²) in [4.78, 5) is 4.23. The van der Waals surface area contributed by atoms with Crippen LogP contribution in [0.2, 0.25) is 0 Å². The number of halogens is 3. The van der Waals surface area contributed by atoms with E-state index in [9.17, 15) is 8.78 Å². The third-order valence-corrected chi connectivity index (χ3v) is 3.32. The van der Waals surface area contributed by atoms with Gasteiger partial charge in [0.15, 0.2) is 11.6 Å². The quantitative estimate of drug-likeness (QED) is 0.540. The summed E-state index contributed by atoms with van der Waals surface area (Å²) in [6, 6.07) is 10.9. The van der Waals surface area contributed by atoms with E-state index in [1.807, 2.05) is 0 Å². The molecule has 0 radical (unpaired) electrons. The first-order chi connectivity index (χ1) is 10.0. The number of nitrogens with zero attached hydrogens (tertiary/aromatic N) is 1. The van der Waals surface area contributed by atoms with Gasteiger partial charge in [0.1, 0.15) is 0 Å². The van der Waals surface area contributed by atoms with Crippen molar-refractivity contribution in [2.45, 2.75) is 0 Å². The van der Waals surface area contributed by atoms with Gasteiger partial charge >= 0.3 is 0 Å². The fourth-order valence-electron chi connectivity index (χ4n) is 1.90. The molecule has 0 unspecified atom stereocenters. The summed E-state index contributed by atoms with van der Waals surface area (Å²) >= 11 is 3.09. The second-order valence-electron chi connectivity index (χ2n) is 4.40. The van der Waals surface area contributed by atoms with E-state index in [4.69, 9.17) is 10.5 Å². The minimum absolute atomic E-state index is 0.170. The maximum atomic E-state index is 13.7. The van der Waals surface area contributed by atoms with Crippen molar-refractivity contribution in [1.29, 1.82) is 0 Å². The third-order valence-electron chi connectivity index (χ3n) is 2.86. The van der Waals surface area contributed by atoms with Crippen LogP contribution in [0.15, 0.2) is 46.9 Å². The van der Waals surface area contributed by atoms with Crippen molar-refractivity contribution in [3.05, 3.63) is 58.6 Å². The predicted octanol–water partition coefficient (Wildman–Crippen LogP) is 4.65. The fraction of sp³-hybridized carbons (Fsp3) is 0. The van der Waals surface area contributed by atoms with E-state index in [2.05, 4.69) is 20.9 Å². The van der Waals surface area contributed by atoms with E-state index in [1.54, 1.807) is 30.3 Å². The van der Waals surface area contributed by atoms with Crippen LogP contribution >= 0.6 is 15.9 Å². The van der Waals surface area contributed by atoms with E-state index >= 15 is 0 Å². The lowest BCUT2D eigenvalue weighted by Gasteiger charge is -2.08. The zero-order chi connectivity index (χ0) is 15.0. The number of hydrogen-bond donors (Lipinski definition) is 1. The van der Waals surface area contributed by atoms with E-state index in [-0.39, 0.29) is 11.6 Å². The van der Waals surface area contributed by atoms with Crippen molar-refractivity contribution >= 4 is 32.5 Å². The maximum Gasteiger partial charge on any atom is 0.219 e. The number of aromatic nitrogens is 1. The Balaban J connectivity index is 2.00. The monoisotopic (exact) mass is 350 g/mol. The van der Waals surface area contributed by atoms with Gasteiger partial charge in [0.05, 0.1) is 5.52 Å². The molecule has 6 heteroatoms. The molecule has 0 saturated heterocycles. The Morgan fingerprint density at radius 2 is 1.86 bits per heavy atom. The molecule has 1 heterocycles. The lowest BCUT2D eigenvalue weighted by molar-refractivity contribution is 0.406. The maximum absolute atomic E-state index is 13.7. The number of fused-ring (bicyclic) bond motifs is 1. The number of rotatable bonds is 2. The van der Waals surface area contributed by atoms with Gasteiger partial charge in [-0.2, -0.15) is 4.39 Å². The smallest absolute Gasteiger partial charge is 0.219 e. The van der Waals surface area contributed by atoms with Crippen molar-refractivity contribution in [2.24, 2.45) is 0 Å². The standard InChI is InChI=1S/C15H9BrF2N2O/c16-9-6-11(17)15(18)13(7-9)21-14-4-1-8-5-10(19)2-3-12(8)20-14/h1-7H,19H2. The number of nitrogens with two attached hydrogens (primary N) is 1. The molecule has 0 fully saturated rings. The van der Waals surface area contributed by atoms with Crippen LogP contribution in [-0.2, 0) is 0 Å². The highest BCUT2D eigenvalue weighted by atomic mass is 79.9. The second kappa shape index (κ2) is 5.29. The highest BCUT2D eigenvalue weighted by Crippen LogP contribution is 2.29. The summed E-state index contributed by atoms with van der Waals surface area (Å²) in [6.45, 7) is 0. The molecule has 2 N–H and O–H groups in total. The van der Waals surface area contributed by atoms with Crippen LogP contribution in [0.3, 0.4) is 0 Å². The minimum atomic E-state index is -1.06. The third kappa shape index (κ3) is 2.80. The molecule has 1 aromatic heterocycles. The van der Waals surface area contributed by atoms with Gasteiger partial charge in [0.2, 0.25) is 11.7 Å². The molecule has 106 valence electrons. The van der Waals surface area contributed by atoms with Gasteiger partial charge in [-0.15, -0.1) is 0 Å². The van der Waals surface area contributed by atoms with Gasteiger partial charge in [0, 0.05) is 21.6 Å². The summed E-state index contributed by atoms with van der Waals surface area (Å²) in [7, 11) is 0. The first-order valence-electron chi connectivity index (χ1n) is 6.01. The Labute approximate surface area is 127 Å². The molecule has 0 atom stereocenters. The topological polar surface area (TPSA) is 48.1 Å². The average Bonchev–Trinajstić information content (AvgIpc) is 2.44. The number of nitrogen functional groups attached to an aromatic ring is 1. The Morgan fingerprint density at radius 1 is 1.05 bits per heavy atom. The molecular formula is C15H9BrF2N2O. The van der Waals surface area contributed by atoms with Crippen molar-refractivity contribution in [3.63, 3.8) is 0 Å². The van der Waals surface area contributed by atoms with Crippen LogP contribution in [0, 0.1) is 11.6 Å². The lowest BCUT2D eigenvalue weighted by Crippen LogP contribution is -1.94. The molecule has 0 amide bonds. The van der Waals surface area contributed by atoms with Crippen molar-refractivity contribution in [3.8, 4) is 11.6 Å². The van der Waals surface area contributed by atoms with Gasteiger partial charge in [-0.1, -0.05) is 15.9 Å². The number of pyridine rings is 1. The highest BCUT2D eigenvalue weighted by molar-refractivity contribution is 9.10. The van der Waals surface area contributed by atoms with Gasteiger partial charge in [-0.25, -0.2) is 9.37 Å². The van der Waals surface area contributed by atoms with Crippen LogP contribution in [0.25, 0.3) is 10.9 Å².